The van der Waals surface area contributed by atoms with Crippen LogP contribution in [0, 0.1) is 5.41 Å². The van der Waals surface area contributed by atoms with Crippen molar-refractivity contribution in [1.82, 2.24) is 5.32 Å². The van der Waals surface area contributed by atoms with E-state index in [4.69, 9.17) is 4.74 Å². The lowest BCUT2D eigenvalue weighted by Gasteiger charge is -2.26. The Morgan fingerprint density at radius 2 is 1.78 bits per heavy atom. The van der Waals surface area contributed by atoms with Gasteiger partial charge in [-0.2, -0.15) is 0 Å². The molecule has 0 radical (unpaired) electrons. The number of amides is 1. The molecule has 0 saturated heterocycles. The van der Waals surface area contributed by atoms with Crippen LogP contribution in [0.2, 0.25) is 0 Å². The third-order valence-electron chi connectivity index (χ3n) is 3.94. The fourth-order valence-corrected chi connectivity index (χ4v) is 2.87. The normalized spacial score (nSPS) is 11.1. The molecule has 0 spiro atoms. The molecule has 1 aromatic carbocycles. The summed E-state index contributed by atoms with van der Waals surface area (Å²) >= 11 is 1.41. The number of rotatable bonds is 10. The fraction of sp³-hybridized carbons (Fsp3) is 0.529. The first-order valence-corrected chi connectivity index (χ1v) is 8.81. The second kappa shape index (κ2) is 9.45. The van der Waals surface area contributed by atoms with Gasteiger partial charge in [-0.05, 0) is 44.0 Å². The predicted molar refractivity (Wildman–Crippen MR) is 92.0 cm³/mol. The first-order valence-electron chi connectivity index (χ1n) is 7.83. The summed E-state index contributed by atoms with van der Waals surface area (Å²) in [6.07, 6.45) is 0.982. The van der Waals surface area contributed by atoms with Crippen molar-refractivity contribution in [3.63, 3.8) is 0 Å². The maximum absolute atomic E-state index is 11.9. The zero-order valence-electron chi connectivity index (χ0n) is 13.9. The largest absolute Gasteiger partial charge is 0.494 e. The van der Waals surface area contributed by atoms with Crippen LogP contribution in [0.5, 0.6) is 5.75 Å². The quantitative estimate of drug-likeness (QED) is 0.640. The van der Waals surface area contributed by atoms with E-state index >= 15 is 0 Å². The van der Waals surface area contributed by atoms with Crippen LogP contribution < -0.4 is 10.1 Å². The van der Waals surface area contributed by atoms with Crippen LogP contribution in [0.1, 0.15) is 33.6 Å². The number of carboxylic acid groups (broad SMARTS) is 1. The Morgan fingerprint density at radius 3 is 2.26 bits per heavy atom. The number of carbonyl (C=O) groups excluding carboxylic acids is 1. The maximum atomic E-state index is 11.9. The second-order valence-corrected chi connectivity index (χ2v) is 6.31. The van der Waals surface area contributed by atoms with Crippen molar-refractivity contribution in [3.8, 4) is 5.75 Å². The number of benzene rings is 1. The summed E-state index contributed by atoms with van der Waals surface area (Å²) in [5, 5.41) is 12.1. The standard InChI is InChI=1S/C17H25NO4S/c1-4-17(5-2,16(20)21)12-18-15(19)11-23-14-9-7-13(8-10-14)22-6-3/h7-10H,4-6,11-12H2,1-3H3,(H,18,19)(H,20,21). The Bertz CT molecular complexity index is 512. The van der Waals surface area contributed by atoms with Gasteiger partial charge >= 0.3 is 5.97 Å². The van der Waals surface area contributed by atoms with Gasteiger partial charge in [-0.25, -0.2) is 0 Å². The van der Waals surface area contributed by atoms with Crippen LogP contribution in [0.4, 0.5) is 0 Å². The van der Waals surface area contributed by atoms with Crippen LogP contribution in [-0.4, -0.2) is 35.9 Å². The van der Waals surface area contributed by atoms with Gasteiger partial charge in [0.15, 0.2) is 0 Å². The van der Waals surface area contributed by atoms with E-state index in [2.05, 4.69) is 5.32 Å². The van der Waals surface area contributed by atoms with Gasteiger partial charge in [0.05, 0.1) is 17.8 Å². The average molecular weight is 339 g/mol. The molecular weight excluding hydrogens is 314 g/mol. The summed E-state index contributed by atoms with van der Waals surface area (Å²) in [5.74, 6) is 0.0497. The van der Waals surface area contributed by atoms with Crippen molar-refractivity contribution in [2.75, 3.05) is 18.9 Å². The lowest BCUT2D eigenvalue weighted by Crippen LogP contribution is -2.42. The van der Waals surface area contributed by atoms with Crippen molar-refractivity contribution in [2.45, 2.75) is 38.5 Å². The van der Waals surface area contributed by atoms with Crippen LogP contribution in [0.25, 0.3) is 0 Å². The van der Waals surface area contributed by atoms with E-state index in [1.807, 2.05) is 45.0 Å². The highest BCUT2D eigenvalue weighted by atomic mass is 32.2. The van der Waals surface area contributed by atoms with Gasteiger partial charge in [-0.3, -0.25) is 9.59 Å². The molecule has 5 nitrogen and oxygen atoms in total. The second-order valence-electron chi connectivity index (χ2n) is 5.26. The lowest BCUT2D eigenvalue weighted by molar-refractivity contribution is -0.149. The Morgan fingerprint density at radius 1 is 1.17 bits per heavy atom. The van der Waals surface area contributed by atoms with Gasteiger partial charge in [0.1, 0.15) is 5.75 Å². The minimum atomic E-state index is -0.876. The molecule has 1 aromatic rings. The summed E-state index contributed by atoms with van der Waals surface area (Å²) in [4.78, 5) is 24.3. The molecule has 1 amide bonds. The molecule has 2 N–H and O–H groups in total. The number of aliphatic carboxylic acids is 1. The van der Waals surface area contributed by atoms with E-state index in [1.54, 1.807) is 0 Å². The summed E-state index contributed by atoms with van der Waals surface area (Å²) in [6, 6.07) is 7.55. The number of nitrogens with one attached hydrogen (secondary N) is 1. The number of hydrogen-bond acceptors (Lipinski definition) is 4. The Balaban J connectivity index is 2.46. The molecule has 0 aromatic heterocycles. The first-order chi connectivity index (χ1) is 11.0. The van der Waals surface area contributed by atoms with Crippen LogP contribution in [0.3, 0.4) is 0 Å². The Hall–Kier alpha value is -1.69. The highest BCUT2D eigenvalue weighted by Crippen LogP contribution is 2.26. The molecule has 0 bridgehead atoms. The van der Waals surface area contributed by atoms with Crippen LogP contribution in [-0.2, 0) is 9.59 Å². The number of carbonyl (C=O) groups is 2. The Kier molecular flexibility index (Phi) is 7.95. The molecule has 0 fully saturated rings. The number of hydrogen-bond donors (Lipinski definition) is 2. The van der Waals surface area contributed by atoms with Gasteiger partial charge in [0, 0.05) is 11.4 Å². The third-order valence-corrected chi connectivity index (χ3v) is 4.95. The molecule has 0 aliphatic rings. The highest BCUT2D eigenvalue weighted by Gasteiger charge is 2.34. The minimum Gasteiger partial charge on any atom is -0.494 e. The zero-order valence-corrected chi connectivity index (χ0v) is 14.7. The molecular formula is C17H25NO4S. The molecule has 23 heavy (non-hydrogen) atoms. The molecule has 0 aliphatic heterocycles. The van der Waals surface area contributed by atoms with E-state index in [-0.39, 0.29) is 18.2 Å². The third kappa shape index (κ3) is 5.78. The first kappa shape index (κ1) is 19.4. The molecule has 0 aliphatic carbocycles. The van der Waals surface area contributed by atoms with E-state index in [0.717, 1.165) is 10.6 Å². The lowest BCUT2D eigenvalue weighted by atomic mass is 9.82. The van der Waals surface area contributed by atoms with Crippen LogP contribution >= 0.6 is 11.8 Å². The Labute approximate surface area is 141 Å². The van der Waals surface area contributed by atoms with E-state index < -0.39 is 11.4 Å². The van der Waals surface area contributed by atoms with Gasteiger partial charge < -0.3 is 15.2 Å². The SMILES string of the molecule is CCOc1ccc(SCC(=O)NCC(CC)(CC)C(=O)O)cc1. The average Bonchev–Trinajstić information content (AvgIpc) is 2.55. The van der Waals surface area contributed by atoms with Gasteiger partial charge in [-0.1, -0.05) is 13.8 Å². The molecule has 1 rings (SSSR count). The van der Waals surface area contributed by atoms with Gasteiger partial charge in [0.2, 0.25) is 5.91 Å². The van der Waals surface area contributed by atoms with Crippen molar-refractivity contribution in [3.05, 3.63) is 24.3 Å². The van der Waals surface area contributed by atoms with Crippen molar-refractivity contribution in [1.29, 1.82) is 0 Å². The summed E-state index contributed by atoms with van der Waals surface area (Å²) in [5.41, 5.74) is -0.876. The molecule has 0 unspecified atom stereocenters. The zero-order chi connectivity index (χ0) is 17.3. The predicted octanol–water partition coefficient (Wildman–Crippen LogP) is 3.18. The van der Waals surface area contributed by atoms with E-state index in [1.165, 1.54) is 11.8 Å². The maximum Gasteiger partial charge on any atom is 0.311 e. The molecule has 0 saturated carbocycles. The van der Waals surface area contributed by atoms with Gasteiger partial charge in [-0.15, -0.1) is 11.8 Å². The summed E-state index contributed by atoms with van der Waals surface area (Å²) in [7, 11) is 0. The molecule has 6 heteroatoms. The van der Waals surface area contributed by atoms with Crippen molar-refractivity contribution in [2.24, 2.45) is 5.41 Å². The summed E-state index contributed by atoms with van der Waals surface area (Å²) < 4.78 is 5.37. The van der Waals surface area contributed by atoms with E-state index in [9.17, 15) is 14.7 Å². The van der Waals surface area contributed by atoms with Gasteiger partial charge in [0.25, 0.3) is 0 Å². The minimum absolute atomic E-state index is 0.156. The molecule has 0 atom stereocenters. The number of thioether (sulfide) groups is 1. The topological polar surface area (TPSA) is 75.6 Å². The van der Waals surface area contributed by atoms with Crippen molar-refractivity contribution < 1.29 is 19.4 Å². The number of carboxylic acids is 1. The number of ether oxygens (including phenoxy) is 1. The van der Waals surface area contributed by atoms with E-state index in [0.29, 0.717) is 19.4 Å². The molecule has 128 valence electrons. The fourth-order valence-electron chi connectivity index (χ4n) is 2.14. The van der Waals surface area contributed by atoms with Crippen molar-refractivity contribution >= 4 is 23.6 Å². The highest BCUT2D eigenvalue weighted by molar-refractivity contribution is 8.00. The smallest absolute Gasteiger partial charge is 0.311 e. The van der Waals surface area contributed by atoms with Crippen LogP contribution in [0.15, 0.2) is 29.2 Å². The molecule has 0 heterocycles. The summed E-state index contributed by atoms with van der Waals surface area (Å²) in [6.45, 7) is 6.38. The monoisotopic (exact) mass is 339 g/mol.